The number of ether oxygens (including phenoxy) is 1. The van der Waals surface area contributed by atoms with Gasteiger partial charge in [-0.1, -0.05) is 30.3 Å². The Morgan fingerprint density at radius 3 is 2.58 bits per heavy atom. The van der Waals surface area contributed by atoms with E-state index in [1.807, 2.05) is 52.3 Å². The van der Waals surface area contributed by atoms with Gasteiger partial charge in [0.25, 0.3) is 0 Å². The topological polar surface area (TPSA) is 74.8 Å². The molecule has 3 amide bonds. The van der Waals surface area contributed by atoms with Gasteiger partial charge in [-0.3, -0.25) is 4.79 Å². The molecule has 1 atom stereocenters. The lowest BCUT2D eigenvalue weighted by Crippen LogP contribution is -2.49. The van der Waals surface area contributed by atoms with Gasteiger partial charge < -0.3 is 19.9 Å². The molecule has 1 aromatic carbocycles. The molecule has 2 fully saturated rings. The Hall–Kier alpha value is -3.09. The fraction of sp³-hybridized carbons (Fsp3) is 0.458. The molecule has 7 heteroatoms. The van der Waals surface area contributed by atoms with Crippen molar-refractivity contribution in [3.63, 3.8) is 0 Å². The molecule has 2 saturated heterocycles. The number of benzene rings is 1. The van der Waals surface area contributed by atoms with Gasteiger partial charge in [-0.05, 0) is 42.9 Å². The molecule has 0 spiro atoms. The number of urea groups is 1. The normalized spacial score (nSPS) is 18.6. The van der Waals surface area contributed by atoms with Crippen LogP contribution in [-0.4, -0.2) is 52.9 Å². The Morgan fingerprint density at radius 2 is 1.77 bits per heavy atom. The van der Waals surface area contributed by atoms with Gasteiger partial charge in [0, 0.05) is 45.0 Å². The first kappa shape index (κ1) is 21.2. The van der Waals surface area contributed by atoms with Gasteiger partial charge >= 0.3 is 6.03 Å². The molecule has 164 valence electrons. The van der Waals surface area contributed by atoms with Crippen LogP contribution < -0.4 is 10.1 Å². The second kappa shape index (κ2) is 10.3. The maximum Gasteiger partial charge on any atom is 0.320 e. The summed E-state index contributed by atoms with van der Waals surface area (Å²) in [5.41, 5.74) is 2.01. The van der Waals surface area contributed by atoms with Crippen LogP contribution in [0.5, 0.6) is 5.88 Å². The summed E-state index contributed by atoms with van der Waals surface area (Å²) in [6.07, 6.45) is 5.53. The second-order valence-electron chi connectivity index (χ2n) is 8.26. The van der Waals surface area contributed by atoms with Crippen LogP contribution in [0.3, 0.4) is 0 Å². The molecule has 0 aliphatic carbocycles. The van der Waals surface area contributed by atoms with Crippen molar-refractivity contribution < 1.29 is 14.3 Å². The van der Waals surface area contributed by atoms with E-state index in [4.69, 9.17) is 4.74 Å². The molecule has 7 nitrogen and oxygen atoms in total. The van der Waals surface area contributed by atoms with Crippen molar-refractivity contribution in [2.45, 2.75) is 38.8 Å². The van der Waals surface area contributed by atoms with Crippen LogP contribution in [0.25, 0.3) is 0 Å². The van der Waals surface area contributed by atoms with E-state index in [2.05, 4.69) is 10.3 Å². The summed E-state index contributed by atoms with van der Waals surface area (Å²) in [5, 5.41) is 3.02. The summed E-state index contributed by atoms with van der Waals surface area (Å²) < 4.78 is 5.77. The largest absolute Gasteiger partial charge is 0.473 e. The van der Waals surface area contributed by atoms with Gasteiger partial charge in [-0.25, -0.2) is 9.78 Å². The number of piperidine rings is 1. The van der Waals surface area contributed by atoms with Crippen molar-refractivity contribution in [3.05, 3.63) is 59.8 Å². The van der Waals surface area contributed by atoms with Crippen molar-refractivity contribution in [1.29, 1.82) is 0 Å². The highest BCUT2D eigenvalue weighted by Gasteiger charge is 2.31. The zero-order chi connectivity index (χ0) is 21.5. The average molecular weight is 423 g/mol. The van der Waals surface area contributed by atoms with Crippen LogP contribution in [0.15, 0.2) is 48.7 Å². The molecular formula is C24H30N4O3. The molecule has 31 heavy (non-hydrogen) atoms. The maximum atomic E-state index is 12.7. The van der Waals surface area contributed by atoms with E-state index in [0.717, 1.165) is 56.4 Å². The average Bonchev–Trinajstić information content (AvgIpc) is 3.37. The zero-order valence-electron chi connectivity index (χ0n) is 17.8. The second-order valence-corrected chi connectivity index (χ2v) is 8.26. The Kier molecular flexibility index (Phi) is 7.02. The molecule has 0 unspecified atom stereocenters. The zero-order valence-corrected chi connectivity index (χ0v) is 17.8. The predicted octanol–water partition coefficient (Wildman–Crippen LogP) is 3.20. The number of nitrogens with zero attached hydrogens (tertiary/aromatic N) is 3. The summed E-state index contributed by atoms with van der Waals surface area (Å²) in [6, 6.07) is 13.8. The Balaban J connectivity index is 1.26. The molecular weight excluding hydrogens is 392 g/mol. The first-order valence-electron chi connectivity index (χ1n) is 11.1. The van der Waals surface area contributed by atoms with Gasteiger partial charge in [0.05, 0.1) is 5.92 Å². The number of pyridine rings is 1. The highest BCUT2D eigenvalue weighted by Crippen LogP contribution is 2.20. The molecule has 0 bridgehead atoms. The molecule has 2 aliphatic rings. The Morgan fingerprint density at radius 1 is 1.00 bits per heavy atom. The van der Waals surface area contributed by atoms with E-state index < -0.39 is 0 Å². The highest BCUT2D eigenvalue weighted by atomic mass is 16.5. The van der Waals surface area contributed by atoms with E-state index in [1.54, 1.807) is 6.20 Å². The number of likely N-dealkylation sites (tertiary alicyclic amines) is 2. The fourth-order valence-corrected chi connectivity index (χ4v) is 4.18. The van der Waals surface area contributed by atoms with Gasteiger partial charge in [0.2, 0.25) is 11.8 Å². The lowest BCUT2D eigenvalue weighted by molar-refractivity contribution is -0.126. The minimum absolute atomic E-state index is 0.00230. The summed E-state index contributed by atoms with van der Waals surface area (Å²) >= 11 is 0. The van der Waals surface area contributed by atoms with Crippen LogP contribution in [0.1, 0.15) is 36.8 Å². The number of hydrogen-bond acceptors (Lipinski definition) is 4. The monoisotopic (exact) mass is 422 g/mol. The third-order valence-corrected chi connectivity index (χ3v) is 5.93. The number of carbonyl (C=O) groups is 2. The van der Waals surface area contributed by atoms with Crippen LogP contribution in [0.2, 0.25) is 0 Å². The standard InChI is InChI=1S/C24H30N4O3/c29-23(21-9-6-14-28(17-21)24(30)27-12-4-5-13-27)26-16-20-10-11-25-22(15-20)31-18-19-7-2-1-3-8-19/h1-3,7-8,10-11,15,21H,4-6,9,12-14,16-18H2,(H,26,29)/t21-/m0/s1. The van der Waals surface area contributed by atoms with Crippen LogP contribution in [0, 0.1) is 5.92 Å². The van der Waals surface area contributed by atoms with Crippen molar-refractivity contribution in [1.82, 2.24) is 20.1 Å². The third-order valence-electron chi connectivity index (χ3n) is 5.93. The third kappa shape index (κ3) is 5.75. The van der Waals surface area contributed by atoms with Gasteiger partial charge in [0.1, 0.15) is 6.61 Å². The number of rotatable bonds is 6. The summed E-state index contributed by atoms with van der Waals surface area (Å²) in [4.78, 5) is 33.4. The highest BCUT2D eigenvalue weighted by molar-refractivity contribution is 5.81. The SMILES string of the molecule is O=C(NCc1ccnc(OCc2ccccc2)c1)[C@H]1CCCN(C(=O)N2CCCC2)C1. The van der Waals surface area contributed by atoms with E-state index in [0.29, 0.717) is 25.6 Å². The summed E-state index contributed by atoms with van der Waals surface area (Å²) in [7, 11) is 0. The fourth-order valence-electron chi connectivity index (χ4n) is 4.18. The molecule has 2 aliphatic heterocycles. The summed E-state index contributed by atoms with van der Waals surface area (Å²) in [6.45, 7) is 3.78. The Labute approximate surface area is 183 Å². The van der Waals surface area contributed by atoms with Crippen molar-refractivity contribution >= 4 is 11.9 Å². The van der Waals surface area contributed by atoms with Crippen molar-refractivity contribution in [3.8, 4) is 5.88 Å². The number of nitrogens with one attached hydrogen (secondary N) is 1. The molecule has 4 rings (SSSR count). The molecule has 2 aromatic rings. The van der Waals surface area contributed by atoms with E-state index in [-0.39, 0.29) is 17.9 Å². The lowest BCUT2D eigenvalue weighted by Gasteiger charge is -2.34. The first-order valence-corrected chi connectivity index (χ1v) is 11.1. The number of hydrogen-bond donors (Lipinski definition) is 1. The number of carbonyl (C=O) groups excluding carboxylic acids is 2. The first-order chi connectivity index (χ1) is 15.2. The smallest absolute Gasteiger partial charge is 0.320 e. The predicted molar refractivity (Wildman–Crippen MR) is 117 cm³/mol. The van der Waals surface area contributed by atoms with E-state index >= 15 is 0 Å². The van der Waals surface area contributed by atoms with E-state index in [9.17, 15) is 9.59 Å². The van der Waals surface area contributed by atoms with Gasteiger partial charge in [-0.2, -0.15) is 0 Å². The van der Waals surface area contributed by atoms with Gasteiger partial charge in [-0.15, -0.1) is 0 Å². The molecule has 1 N–H and O–H groups in total. The minimum Gasteiger partial charge on any atom is -0.473 e. The van der Waals surface area contributed by atoms with Crippen molar-refractivity contribution in [2.75, 3.05) is 26.2 Å². The number of aromatic nitrogens is 1. The quantitative estimate of drug-likeness (QED) is 0.776. The Bertz CT molecular complexity index is 883. The molecule has 0 radical (unpaired) electrons. The van der Waals surface area contributed by atoms with Crippen LogP contribution >= 0.6 is 0 Å². The van der Waals surface area contributed by atoms with Gasteiger partial charge in [0.15, 0.2) is 0 Å². The number of amides is 3. The van der Waals surface area contributed by atoms with Crippen LogP contribution in [-0.2, 0) is 17.9 Å². The minimum atomic E-state index is -0.157. The lowest BCUT2D eigenvalue weighted by atomic mass is 9.97. The molecule has 0 saturated carbocycles. The van der Waals surface area contributed by atoms with E-state index in [1.165, 1.54) is 0 Å². The van der Waals surface area contributed by atoms with Crippen molar-refractivity contribution in [2.24, 2.45) is 5.92 Å². The maximum absolute atomic E-state index is 12.7. The summed E-state index contributed by atoms with van der Waals surface area (Å²) in [5.74, 6) is 0.383. The van der Waals surface area contributed by atoms with Crippen LogP contribution in [0.4, 0.5) is 4.79 Å². The molecule has 1 aromatic heterocycles. The molecule has 3 heterocycles.